The number of rotatable bonds is 8. The van der Waals surface area contributed by atoms with E-state index in [0.717, 1.165) is 25.7 Å². The molecular formula is C48H48Cl2SiZr. The summed E-state index contributed by atoms with van der Waals surface area (Å²) in [6.45, 7) is 14.0. The normalized spacial score (nSPS) is 16.9. The molecule has 6 aromatic carbocycles. The van der Waals surface area contributed by atoms with Gasteiger partial charge in [-0.05, 0) is 0 Å². The number of hydrogen-bond donors (Lipinski definition) is 0. The van der Waals surface area contributed by atoms with Gasteiger partial charge in [0.2, 0.25) is 0 Å². The van der Waals surface area contributed by atoms with Crippen molar-refractivity contribution >= 4 is 56.2 Å². The molecule has 0 aliphatic heterocycles. The van der Waals surface area contributed by atoms with Crippen LogP contribution in [-0.4, -0.2) is 5.43 Å². The van der Waals surface area contributed by atoms with Gasteiger partial charge in [-0.2, -0.15) is 0 Å². The molecular weight excluding hydrogens is 767 g/mol. The number of aryl methyl sites for hydroxylation is 2. The topological polar surface area (TPSA) is 0 Å². The Kier molecular flexibility index (Phi) is 9.48. The van der Waals surface area contributed by atoms with Crippen LogP contribution in [0.4, 0.5) is 0 Å². The Morgan fingerprint density at radius 3 is 1.37 bits per heavy atom. The van der Waals surface area contributed by atoms with E-state index in [1.54, 1.807) is 0 Å². The fourth-order valence-electron chi connectivity index (χ4n) is 9.85. The summed E-state index contributed by atoms with van der Waals surface area (Å²) in [5.74, 6) is 0. The van der Waals surface area contributed by atoms with Gasteiger partial charge in [0.05, 0.1) is 0 Å². The van der Waals surface area contributed by atoms with Crippen LogP contribution >= 0.6 is 17.0 Å². The van der Waals surface area contributed by atoms with E-state index in [9.17, 15) is 0 Å². The summed E-state index contributed by atoms with van der Waals surface area (Å²) in [5, 5.41) is 5.15. The molecule has 0 saturated carbocycles. The number of fused-ring (bicyclic) bond motifs is 4. The summed E-state index contributed by atoms with van der Waals surface area (Å²) in [6.07, 6.45) is 9.20. The van der Waals surface area contributed by atoms with Crippen LogP contribution in [0.3, 0.4) is 0 Å². The molecule has 0 heterocycles. The van der Waals surface area contributed by atoms with E-state index in [0.29, 0.717) is 0 Å². The zero-order chi connectivity index (χ0) is 36.4. The molecule has 0 saturated heterocycles. The first-order valence-corrected chi connectivity index (χ1v) is 34.5. The van der Waals surface area contributed by atoms with Crippen molar-refractivity contribution in [3.8, 4) is 22.3 Å². The van der Waals surface area contributed by atoms with E-state index in [2.05, 4.69) is 162 Å². The van der Waals surface area contributed by atoms with Crippen molar-refractivity contribution in [2.45, 2.75) is 73.7 Å². The minimum absolute atomic E-state index is 0.0676. The first-order valence-electron chi connectivity index (χ1n) is 19.1. The molecule has 8 rings (SSSR count). The van der Waals surface area contributed by atoms with Crippen molar-refractivity contribution in [3.05, 3.63) is 154 Å². The van der Waals surface area contributed by atoms with Gasteiger partial charge in [-0.25, -0.2) is 0 Å². The second-order valence-electron chi connectivity index (χ2n) is 15.5. The molecule has 0 aromatic heterocycles. The first kappa shape index (κ1) is 36.0. The van der Waals surface area contributed by atoms with Crippen molar-refractivity contribution in [3.63, 3.8) is 0 Å². The monoisotopic (exact) mass is 812 g/mol. The predicted octanol–water partition coefficient (Wildman–Crippen LogP) is 15.4. The molecule has 0 amide bonds. The maximum atomic E-state index is 8.85. The van der Waals surface area contributed by atoms with Crippen LogP contribution in [0, 0.1) is 13.8 Å². The molecule has 2 aliphatic carbocycles. The number of allylic oxidation sites excluding steroid dienone is 2. The second kappa shape index (κ2) is 13.7. The van der Waals surface area contributed by atoms with Crippen molar-refractivity contribution in [1.82, 2.24) is 0 Å². The van der Waals surface area contributed by atoms with Crippen LogP contribution < -0.4 is 0 Å². The van der Waals surface area contributed by atoms with E-state index in [-0.39, 0.29) is 7.25 Å². The SMILES string of the molecule is CCCC1=Cc2c(-c3c(C)ccc4ccccc34)cccc2[CH]1[Zr]([Cl])([Cl])([CH]1C(CCC)=Cc2c(-c3c(C)ccc4ccccc34)cccc21)=[Si](C)C. The summed E-state index contributed by atoms with van der Waals surface area (Å²) in [6, 6.07) is 40.7. The van der Waals surface area contributed by atoms with E-state index in [1.165, 1.54) is 88.3 Å². The fraction of sp³-hybridized carbons (Fsp3) is 0.250. The Morgan fingerprint density at radius 2 is 0.962 bits per heavy atom. The average Bonchev–Trinajstić information content (AvgIpc) is 3.72. The first-order chi connectivity index (χ1) is 25.1. The summed E-state index contributed by atoms with van der Waals surface area (Å²) < 4.78 is 0.135. The molecule has 0 bridgehead atoms. The third kappa shape index (κ3) is 5.46. The number of hydrogen-bond acceptors (Lipinski definition) is 0. The van der Waals surface area contributed by atoms with Gasteiger partial charge in [0.1, 0.15) is 0 Å². The molecule has 2 unspecified atom stereocenters. The van der Waals surface area contributed by atoms with Gasteiger partial charge in [0.15, 0.2) is 0 Å². The summed E-state index contributed by atoms with van der Waals surface area (Å²) in [4.78, 5) is 0. The van der Waals surface area contributed by atoms with Crippen molar-refractivity contribution < 1.29 is 15.0 Å². The summed E-state index contributed by atoms with van der Waals surface area (Å²) >= 11 is -4.97. The molecule has 2 atom stereocenters. The molecule has 262 valence electrons. The van der Waals surface area contributed by atoms with Crippen LogP contribution in [-0.2, 0) is 15.0 Å². The molecule has 52 heavy (non-hydrogen) atoms. The molecule has 0 N–H and O–H groups in total. The molecule has 2 aliphatic rings. The van der Waals surface area contributed by atoms with Crippen LogP contribution in [0.15, 0.2) is 120 Å². The average molecular weight is 815 g/mol. The standard InChI is InChI=1S/2C23H21.C2H6Si.2ClH.Zr/c2*1-3-7-17-14-19-9-6-11-21(22(19)15-17)23-16(2)12-13-18-8-4-5-10-20(18)23;1-3-2;;;/h2*4-6,8-15H,3,7H2,1-2H3;1-2H3;2*1H;/q;;;;;+2/p-2. The third-order valence-corrected chi connectivity index (χ3v) is 58.8. The Morgan fingerprint density at radius 1 is 0.538 bits per heavy atom. The van der Waals surface area contributed by atoms with E-state index >= 15 is 0 Å². The molecule has 0 nitrogen and oxygen atoms in total. The van der Waals surface area contributed by atoms with E-state index in [1.807, 2.05) is 0 Å². The van der Waals surface area contributed by atoms with Crippen LogP contribution in [0.25, 0.3) is 56.0 Å². The Balaban J connectivity index is 1.39. The van der Waals surface area contributed by atoms with Crippen molar-refractivity contribution in [2.75, 3.05) is 0 Å². The van der Waals surface area contributed by atoms with Gasteiger partial charge in [0.25, 0.3) is 0 Å². The van der Waals surface area contributed by atoms with Gasteiger partial charge < -0.3 is 0 Å². The Labute approximate surface area is 318 Å². The third-order valence-electron chi connectivity index (χ3n) is 12.2. The van der Waals surface area contributed by atoms with Crippen molar-refractivity contribution in [1.29, 1.82) is 0 Å². The van der Waals surface area contributed by atoms with Crippen LogP contribution in [0.1, 0.15) is 80.2 Å². The van der Waals surface area contributed by atoms with Gasteiger partial charge in [-0.3, -0.25) is 0 Å². The van der Waals surface area contributed by atoms with E-state index < -0.39 is 20.4 Å². The Hall–Kier alpha value is -3.00. The molecule has 4 heteroatoms. The number of benzene rings is 6. The quantitative estimate of drug-likeness (QED) is 0.134. The van der Waals surface area contributed by atoms with Gasteiger partial charge in [-0.1, -0.05) is 0 Å². The molecule has 6 aromatic rings. The maximum absolute atomic E-state index is 8.85. The number of halogens is 2. The zero-order valence-electron chi connectivity index (χ0n) is 31.3. The summed E-state index contributed by atoms with van der Waals surface area (Å²) in [7, 11) is 17.7. The molecule has 0 spiro atoms. The van der Waals surface area contributed by atoms with Gasteiger partial charge in [-0.15, -0.1) is 0 Å². The fourth-order valence-corrected chi connectivity index (χ4v) is 39.0. The molecule has 0 fully saturated rings. The second-order valence-corrected chi connectivity index (χ2v) is 54.3. The van der Waals surface area contributed by atoms with Crippen LogP contribution in [0.2, 0.25) is 13.1 Å². The van der Waals surface area contributed by atoms with Gasteiger partial charge >= 0.3 is 321 Å². The van der Waals surface area contributed by atoms with Crippen molar-refractivity contribution in [2.24, 2.45) is 0 Å². The predicted molar refractivity (Wildman–Crippen MR) is 229 cm³/mol. The minimum atomic E-state index is -4.97. The van der Waals surface area contributed by atoms with Crippen LogP contribution in [0.5, 0.6) is 0 Å². The molecule has 0 radical (unpaired) electrons. The van der Waals surface area contributed by atoms with E-state index in [4.69, 9.17) is 17.0 Å². The Bertz CT molecular complexity index is 2390. The van der Waals surface area contributed by atoms with Gasteiger partial charge in [0, 0.05) is 0 Å². The summed E-state index contributed by atoms with van der Waals surface area (Å²) in [5.41, 5.74) is 15.0. The zero-order valence-corrected chi connectivity index (χ0v) is 36.3.